The van der Waals surface area contributed by atoms with Gasteiger partial charge in [-0.05, 0) is 50.1 Å². The Kier molecular flexibility index (Phi) is 6.80. The molecule has 0 fully saturated rings. The Morgan fingerprint density at radius 1 is 1.11 bits per heavy atom. The first-order chi connectivity index (χ1) is 13.1. The quantitative estimate of drug-likeness (QED) is 0.548. The van der Waals surface area contributed by atoms with Crippen molar-refractivity contribution in [3.8, 4) is 5.75 Å². The minimum atomic E-state index is -0.725. The third-order valence-electron chi connectivity index (χ3n) is 3.47. The predicted molar refractivity (Wildman–Crippen MR) is 104 cm³/mol. The monoisotopic (exact) mass is 407 g/mol. The molecule has 0 aliphatic rings. The molecule has 0 unspecified atom stereocenters. The minimum absolute atomic E-state index is 0.0687. The predicted octanol–water partition coefficient (Wildman–Crippen LogP) is 3.87. The average Bonchev–Trinajstić information content (AvgIpc) is 2.63. The van der Waals surface area contributed by atoms with E-state index in [0.717, 1.165) is 5.56 Å². The molecule has 1 aromatic heterocycles. The van der Waals surface area contributed by atoms with Gasteiger partial charge in [-0.1, -0.05) is 12.1 Å². The summed E-state index contributed by atoms with van der Waals surface area (Å²) < 4.78 is 15.3. The summed E-state index contributed by atoms with van der Waals surface area (Å²) in [5.41, 5.74) is -0.00106. The maximum atomic E-state index is 12.8. The first-order valence-electron chi connectivity index (χ1n) is 8.39. The van der Waals surface area contributed by atoms with Crippen molar-refractivity contribution in [2.24, 2.45) is 0 Å². The van der Waals surface area contributed by atoms with Crippen LogP contribution >= 0.6 is 11.6 Å². The van der Waals surface area contributed by atoms with Crippen LogP contribution in [0.15, 0.2) is 30.3 Å². The highest BCUT2D eigenvalue weighted by Gasteiger charge is 2.26. The molecule has 0 saturated carbocycles. The Balaban J connectivity index is 2.43. The Hall–Kier alpha value is -2.87. The van der Waals surface area contributed by atoms with Gasteiger partial charge in [0.15, 0.2) is 5.69 Å². The Morgan fingerprint density at radius 2 is 1.75 bits per heavy atom. The van der Waals surface area contributed by atoms with Gasteiger partial charge in [0.2, 0.25) is 5.28 Å². The molecular formula is C19H22ClN3O5. The summed E-state index contributed by atoms with van der Waals surface area (Å²) in [6.07, 6.45) is -0.645. The molecular weight excluding hydrogens is 386 g/mol. The van der Waals surface area contributed by atoms with E-state index in [4.69, 9.17) is 21.1 Å². The van der Waals surface area contributed by atoms with Crippen molar-refractivity contribution in [2.75, 3.05) is 19.1 Å². The number of amides is 1. The van der Waals surface area contributed by atoms with Crippen molar-refractivity contribution in [2.45, 2.75) is 32.9 Å². The van der Waals surface area contributed by atoms with E-state index in [1.807, 2.05) is 0 Å². The van der Waals surface area contributed by atoms with Gasteiger partial charge >= 0.3 is 12.1 Å². The van der Waals surface area contributed by atoms with Gasteiger partial charge in [-0.2, -0.15) is 0 Å². The maximum Gasteiger partial charge on any atom is 0.416 e. The Bertz CT molecular complexity index is 850. The number of hydrogen-bond donors (Lipinski definition) is 0. The maximum absolute atomic E-state index is 12.8. The van der Waals surface area contributed by atoms with E-state index in [2.05, 4.69) is 14.7 Å². The molecule has 0 bridgehead atoms. The zero-order chi connectivity index (χ0) is 20.9. The van der Waals surface area contributed by atoms with E-state index < -0.39 is 17.7 Å². The number of halogens is 1. The van der Waals surface area contributed by atoms with E-state index in [-0.39, 0.29) is 23.3 Å². The van der Waals surface area contributed by atoms with Crippen LogP contribution in [-0.4, -0.2) is 41.9 Å². The summed E-state index contributed by atoms with van der Waals surface area (Å²) in [4.78, 5) is 33.8. The van der Waals surface area contributed by atoms with Crippen LogP contribution in [0.3, 0.4) is 0 Å². The molecule has 8 nitrogen and oxygen atoms in total. The summed E-state index contributed by atoms with van der Waals surface area (Å²) in [6, 6.07) is 8.48. The molecule has 1 amide bonds. The Morgan fingerprint density at radius 3 is 2.29 bits per heavy atom. The normalized spacial score (nSPS) is 10.9. The van der Waals surface area contributed by atoms with E-state index in [1.165, 1.54) is 18.1 Å². The third kappa shape index (κ3) is 5.82. The summed E-state index contributed by atoms with van der Waals surface area (Å²) in [6.45, 7) is 5.39. The highest BCUT2D eigenvalue weighted by Crippen LogP contribution is 2.22. The molecule has 0 spiro atoms. The molecule has 0 aliphatic heterocycles. The standard InChI is InChI=1S/C19H22ClN3O5/c1-19(2,3)28-18(25)23(11-12-6-8-13(26-4)9-7-12)15-10-14(16(24)27-5)21-17(20)22-15/h6-10H,11H2,1-5H3. The second-order valence-electron chi connectivity index (χ2n) is 6.79. The fourth-order valence-corrected chi connectivity index (χ4v) is 2.40. The van der Waals surface area contributed by atoms with Crippen molar-refractivity contribution in [1.82, 2.24) is 9.97 Å². The molecule has 1 aromatic carbocycles. The number of esters is 1. The van der Waals surface area contributed by atoms with Gasteiger partial charge in [0.25, 0.3) is 0 Å². The van der Waals surface area contributed by atoms with Gasteiger partial charge in [-0.15, -0.1) is 0 Å². The number of hydrogen-bond acceptors (Lipinski definition) is 7. The number of aromatic nitrogens is 2. The molecule has 2 rings (SSSR count). The number of carbonyl (C=O) groups is 2. The van der Waals surface area contributed by atoms with Crippen LogP contribution < -0.4 is 9.64 Å². The lowest BCUT2D eigenvalue weighted by Gasteiger charge is -2.27. The molecule has 1 heterocycles. The number of methoxy groups -OCH3 is 2. The second kappa shape index (κ2) is 8.88. The molecule has 0 atom stereocenters. The van der Waals surface area contributed by atoms with Gasteiger partial charge in [-0.25, -0.2) is 19.6 Å². The van der Waals surface area contributed by atoms with Crippen molar-refractivity contribution in [1.29, 1.82) is 0 Å². The van der Waals surface area contributed by atoms with Gasteiger partial charge in [0.1, 0.15) is 17.2 Å². The van der Waals surface area contributed by atoms with Crippen molar-refractivity contribution in [3.05, 3.63) is 46.9 Å². The van der Waals surface area contributed by atoms with Crippen LogP contribution in [0, 0.1) is 0 Å². The fourth-order valence-electron chi connectivity index (χ4n) is 2.22. The van der Waals surface area contributed by atoms with Crippen molar-refractivity contribution < 1.29 is 23.8 Å². The lowest BCUT2D eigenvalue weighted by molar-refractivity contribution is 0.0567. The summed E-state index contributed by atoms with van der Waals surface area (Å²) in [5, 5.41) is -0.193. The van der Waals surface area contributed by atoms with Crippen LogP contribution in [0.5, 0.6) is 5.75 Å². The summed E-state index contributed by atoms with van der Waals surface area (Å²) in [5.74, 6) is 0.107. The zero-order valence-electron chi connectivity index (χ0n) is 16.4. The number of rotatable bonds is 5. The number of benzene rings is 1. The molecule has 0 aliphatic carbocycles. The fraction of sp³-hybridized carbons (Fsp3) is 0.368. The molecule has 0 saturated heterocycles. The van der Waals surface area contributed by atoms with E-state index in [1.54, 1.807) is 52.1 Å². The summed E-state index contributed by atoms with van der Waals surface area (Å²) in [7, 11) is 2.79. The molecule has 9 heteroatoms. The zero-order valence-corrected chi connectivity index (χ0v) is 17.1. The van der Waals surface area contributed by atoms with Gasteiger partial charge in [-0.3, -0.25) is 4.90 Å². The average molecular weight is 408 g/mol. The van der Waals surface area contributed by atoms with E-state index >= 15 is 0 Å². The van der Waals surface area contributed by atoms with Gasteiger partial charge in [0.05, 0.1) is 20.8 Å². The van der Waals surface area contributed by atoms with Crippen molar-refractivity contribution in [3.63, 3.8) is 0 Å². The molecule has 28 heavy (non-hydrogen) atoms. The number of carbonyl (C=O) groups excluding carboxylic acids is 2. The van der Waals surface area contributed by atoms with Crippen LogP contribution in [0.4, 0.5) is 10.6 Å². The van der Waals surface area contributed by atoms with Crippen molar-refractivity contribution >= 4 is 29.5 Å². The second-order valence-corrected chi connectivity index (χ2v) is 7.12. The topological polar surface area (TPSA) is 90.8 Å². The van der Waals surface area contributed by atoms with Crippen LogP contribution in [0.2, 0.25) is 5.28 Å². The van der Waals surface area contributed by atoms with Crippen LogP contribution in [-0.2, 0) is 16.0 Å². The van der Waals surface area contributed by atoms with E-state index in [9.17, 15) is 9.59 Å². The molecule has 150 valence electrons. The molecule has 2 aromatic rings. The van der Waals surface area contributed by atoms with E-state index in [0.29, 0.717) is 5.75 Å². The Labute approximate surface area is 168 Å². The number of ether oxygens (including phenoxy) is 3. The lowest BCUT2D eigenvalue weighted by Crippen LogP contribution is -2.37. The minimum Gasteiger partial charge on any atom is -0.497 e. The third-order valence-corrected chi connectivity index (χ3v) is 3.64. The van der Waals surface area contributed by atoms with Gasteiger partial charge < -0.3 is 14.2 Å². The molecule has 0 radical (unpaired) electrons. The number of anilines is 1. The largest absolute Gasteiger partial charge is 0.497 e. The highest BCUT2D eigenvalue weighted by atomic mass is 35.5. The van der Waals surface area contributed by atoms with Crippen LogP contribution in [0.1, 0.15) is 36.8 Å². The van der Waals surface area contributed by atoms with Gasteiger partial charge in [0, 0.05) is 6.07 Å². The first kappa shape index (κ1) is 21.4. The lowest BCUT2D eigenvalue weighted by atomic mass is 10.2. The first-order valence-corrected chi connectivity index (χ1v) is 8.77. The SMILES string of the molecule is COC(=O)c1cc(N(Cc2ccc(OC)cc2)C(=O)OC(C)(C)C)nc(Cl)n1. The number of nitrogens with zero attached hydrogens (tertiary/aromatic N) is 3. The smallest absolute Gasteiger partial charge is 0.416 e. The molecule has 0 N–H and O–H groups in total. The highest BCUT2D eigenvalue weighted by molar-refractivity contribution is 6.28. The summed E-state index contributed by atoms with van der Waals surface area (Å²) >= 11 is 5.95. The van der Waals surface area contributed by atoms with Crippen LogP contribution in [0.25, 0.3) is 0 Å².